The number of nitrogens with zero attached hydrogens (tertiary/aromatic N) is 3. The van der Waals surface area contributed by atoms with Gasteiger partial charge in [0, 0.05) is 44.0 Å². The fourth-order valence-corrected chi connectivity index (χ4v) is 5.53. The van der Waals surface area contributed by atoms with Gasteiger partial charge in [-0.2, -0.15) is 0 Å². The summed E-state index contributed by atoms with van der Waals surface area (Å²) in [6.07, 6.45) is 9.95. The van der Waals surface area contributed by atoms with E-state index in [0.29, 0.717) is 5.41 Å². The van der Waals surface area contributed by atoms with Crippen LogP contribution in [0.15, 0.2) is 54.7 Å². The van der Waals surface area contributed by atoms with Crippen molar-refractivity contribution in [3.05, 3.63) is 66.0 Å². The zero-order chi connectivity index (χ0) is 18.8. The number of benzene rings is 1. The fourth-order valence-electron chi connectivity index (χ4n) is 5.53. The molecular weight excluding hydrogens is 342 g/mol. The van der Waals surface area contributed by atoms with Crippen LogP contribution in [-0.4, -0.2) is 53.5 Å². The van der Waals surface area contributed by atoms with Crippen molar-refractivity contribution in [3.63, 3.8) is 0 Å². The number of pyridine rings is 1. The number of hydrogen-bond donors (Lipinski definition) is 0. The third-order valence-corrected chi connectivity index (χ3v) is 7.33. The molecule has 3 nitrogen and oxygen atoms in total. The van der Waals surface area contributed by atoms with E-state index in [4.69, 9.17) is 0 Å². The van der Waals surface area contributed by atoms with E-state index in [1.54, 1.807) is 5.56 Å². The van der Waals surface area contributed by atoms with Crippen LogP contribution in [0.4, 0.5) is 0 Å². The largest absolute Gasteiger partial charge is 0.303 e. The Morgan fingerprint density at radius 2 is 1.75 bits per heavy atom. The maximum absolute atomic E-state index is 4.49. The van der Waals surface area contributed by atoms with Crippen LogP contribution in [0.3, 0.4) is 0 Å². The van der Waals surface area contributed by atoms with Gasteiger partial charge in [-0.1, -0.05) is 36.4 Å². The van der Waals surface area contributed by atoms with Gasteiger partial charge in [0.05, 0.1) is 0 Å². The Labute approximate surface area is 169 Å². The van der Waals surface area contributed by atoms with Crippen LogP contribution in [0.5, 0.6) is 0 Å². The van der Waals surface area contributed by atoms with Crippen LogP contribution < -0.4 is 0 Å². The molecule has 3 aliphatic rings. The molecule has 0 radical (unpaired) electrons. The highest BCUT2D eigenvalue weighted by atomic mass is 15.2. The lowest BCUT2D eigenvalue weighted by Crippen LogP contribution is -2.52. The molecule has 0 N–H and O–H groups in total. The molecule has 1 aromatic heterocycles. The van der Waals surface area contributed by atoms with Gasteiger partial charge in [-0.3, -0.25) is 9.88 Å². The van der Waals surface area contributed by atoms with Gasteiger partial charge in [0.1, 0.15) is 0 Å². The highest BCUT2D eigenvalue weighted by Gasteiger charge is 2.45. The number of likely N-dealkylation sites (tertiary alicyclic amines) is 2. The van der Waals surface area contributed by atoms with Gasteiger partial charge < -0.3 is 4.90 Å². The van der Waals surface area contributed by atoms with Crippen LogP contribution in [0.25, 0.3) is 0 Å². The summed E-state index contributed by atoms with van der Waals surface area (Å²) in [6, 6.07) is 18.5. The molecule has 0 amide bonds. The third kappa shape index (κ3) is 4.16. The molecule has 28 heavy (non-hydrogen) atoms. The normalized spacial score (nSPS) is 25.8. The Morgan fingerprint density at radius 3 is 2.46 bits per heavy atom. The minimum absolute atomic E-state index is 0.531. The highest BCUT2D eigenvalue weighted by molar-refractivity contribution is 5.22. The number of hydrogen-bond acceptors (Lipinski definition) is 3. The number of piperidine rings is 2. The van der Waals surface area contributed by atoms with Gasteiger partial charge in [-0.05, 0) is 74.2 Å². The highest BCUT2D eigenvalue weighted by Crippen LogP contribution is 2.47. The van der Waals surface area contributed by atoms with E-state index in [0.717, 1.165) is 24.9 Å². The average Bonchev–Trinajstić information content (AvgIpc) is 3.60. The number of rotatable bonds is 5. The summed E-state index contributed by atoms with van der Waals surface area (Å²) in [5, 5.41) is 0. The molecule has 3 heteroatoms. The second-order valence-corrected chi connectivity index (χ2v) is 9.39. The molecule has 0 bridgehead atoms. The van der Waals surface area contributed by atoms with Crippen molar-refractivity contribution in [1.82, 2.24) is 14.8 Å². The molecule has 2 aromatic rings. The van der Waals surface area contributed by atoms with Crippen LogP contribution in [0.2, 0.25) is 0 Å². The van der Waals surface area contributed by atoms with Crippen molar-refractivity contribution in [2.75, 3.05) is 32.7 Å². The fraction of sp³-hybridized carbons (Fsp3) is 0.560. The summed E-state index contributed by atoms with van der Waals surface area (Å²) in [7, 11) is 0. The molecule has 1 unspecified atom stereocenters. The van der Waals surface area contributed by atoms with Crippen LogP contribution in [-0.2, 0) is 6.42 Å². The van der Waals surface area contributed by atoms with Crippen LogP contribution in [0, 0.1) is 5.41 Å². The molecule has 3 heterocycles. The van der Waals surface area contributed by atoms with Crippen LogP contribution in [0.1, 0.15) is 49.3 Å². The summed E-state index contributed by atoms with van der Waals surface area (Å²) >= 11 is 0. The average molecular weight is 376 g/mol. The molecule has 3 fully saturated rings. The van der Waals surface area contributed by atoms with E-state index < -0.39 is 0 Å². The quantitative estimate of drug-likeness (QED) is 0.774. The molecule has 5 rings (SSSR count). The summed E-state index contributed by atoms with van der Waals surface area (Å²) in [4.78, 5) is 10.0. The predicted molar refractivity (Wildman–Crippen MR) is 114 cm³/mol. The first kappa shape index (κ1) is 18.3. The summed E-state index contributed by atoms with van der Waals surface area (Å²) in [5.41, 5.74) is 3.32. The van der Waals surface area contributed by atoms with Gasteiger partial charge in [0.15, 0.2) is 0 Å². The minimum atomic E-state index is 0.531. The van der Waals surface area contributed by atoms with Crippen molar-refractivity contribution < 1.29 is 0 Å². The molecule has 2 saturated heterocycles. The van der Waals surface area contributed by atoms with Crippen molar-refractivity contribution in [1.29, 1.82) is 0 Å². The lowest BCUT2D eigenvalue weighted by Gasteiger charge is -2.50. The summed E-state index contributed by atoms with van der Waals surface area (Å²) < 4.78 is 0. The van der Waals surface area contributed by atoms with Gasteiger partial charge in [0.25, 0.3) is 0 Å². The van der Waals surface area contributed by atoms with Crippen LogP contribution >= 0.6 is 0 Å². The van der Waals surface area contributed by atoms with Crippen molar-refractivity contribution in [2.45, 2.75) is 50.5 Å². The molecule has 148 valence electrons. The lowest BCUT2D eigenvalue weighted by molar-refractivity contribution is 0.0105. The van der Waals surface area contributed by atoms with Gasteiger partial charge >= 0.3 is 0 Å². The lowest BCUT2D eigenvalue weighted by atomic mass is 9.68. The summed E-state index contributed by atoms with van der Waals surface area (Å²) in [5.74, 6) is 0.718. The molecule has 1 saturated carbocycles. The van der Waals surface area contributed by atoms with E-state index >= 15 is 0 Å². The van der Waals surface area contributed by atoms with E-state index in [-0.39, 0.29) is 0 Å². The predicted octanol–water partition coefficient (Wildman–Crippen LogP) is 4.36. The Hall–Kier alpha value is -1.71. The van der Waals surface area contributed by atoms with Crippen molar-refractivity contribution in [2.24, 2.45) is 5.41 Å². The number of aromatic nitrogens is 1. The topological polar surface area (TPSA) is 19.4 Å². The molecule has 2 aliphatic heterocycles. The van der Waals surface area contributed by atoms with E-state index in [9.17, 15) is 0 Å². The van der Waals surface area contributed by atoms with Crippen molar-refractivity contribution in [3.8, 4) is 0 Å². The Balaban J connectivity index is 1.23. The Morgan fingerprint density at radius 1 is 0.964 bits per heavy atom. The second kappa shape index (κ2) is 7.96. The van der Waals surface area contributed by atoms with Gasteiger partial charge in [-0.15, -0.1) is 0 Å². The molecular formula is C25H33N3. The maximum atomic E-state index is 4.49. The zero-order valence-electron chi connectivity index (χ0n) is 17.0. The first-order valence-electron chi connectivity index (χ1n) is 11.2. The zero-order valence-corrected chi connectivity index (χ0v) is 17.0. The third-order valence-electron chi connectivity index (χ3n) is 7.33. The first-order valence-corrected chi connectivity index (χ1v) is 11.2. The smallest absolute Gasteiger partial charge is 0.0416 e. The van der Waals surface area contributed by atoms with Crippen molar-refractivity contribution >= 4 is 0 Å². The first-order chi connectivity index (χ1) is 13.8. The van der Waals surface area contributed by atoms with Gasteiger partial charge in [-0.25, -0.2) is 0 Å². The Bertz CT molecular complexity index is 748. The van der Waals surface area contributed by atoms with E-state index in [1.807, 2.05) is 12.3 Å². The van der Waals surface area contributed by atoms with E-state index in [2.05, 4.69) is 57.2 Å². The monoisotopic (exact) mass is 375 g/mol. The second-order valence-electron chi connectivity index (χ2n) is 9.39. The van der Waals surface area contributed by atoms with Gasteiger partial charge in [0.2, 0.25) is 0 Å². The Kier molecular flexibility index (Phi) is 5.21. The molecule has 1 aromatic carbocycles. The van der Waals surface area contributed by atoms with E-state index in [1.165, 1.54) is 64.0 Å². The summed E-state index contributed by atoms with van der Waals surface area (Å²) in [6.45, 7) is 6.29. The molecule has 1 atom stereocenters. The minimum Gasteiger partial charge on any atom is -0.303 e. The standard InChI is InChI=1S/C25H33N3/c1-2-6-21(7-3-1)22-18-25(20-28(19-22)24-9-10-24)12-16-27(17-13-25)15-11-23-8-4-5-14-26-23/h1-8,14,22,24H,9-13,15-20H2. The molecule has 1 spiro atoms. The SMILES string of the molecule is c1ccc(C2CN(C3CC3)CC3(CCN(CCc4ccccn4)CC3)C2)cc1. The maximum Gasteiger partial charge on any atom is 0.0416 e. The molecule has 1 aliphatic carbocycles.